The Balaban J connectivity index is 1.42. The maximum absolute atomic E-state index is 12.9. The molecule has 152 valence electrons. The monoisotopic (exact) mass is 428 g/mol. The Kier molecular flexibility index (Phi) is 5.94. The molecule has 1 saturated heterocycles. The molecule has 0 amide bonds. The molecule has 6 nitrogen and oxygen atoms in total. The first kappa shape index (κ1) is 20.0. The van der Waals surface area contributed by atoms with Crippen LogP contribution in [0, 0.1) is 6.92 Å². The molecule has 2 aromatic carbocycles. The number of rotatable bonds is 5. The molecule has 2 heterocycles. The van der Waals surface area contributed by atoms with Gasteiger partial charge in [0.05, 0.1) is 4.90 Å². The second kappa shape index (κ2) is 8.61. The number of aromatic nitrogens is 2. The third kappa shape index (κ3) is 4.66. The molecule has 0 radical (unpaired) electrons. The summed E-state index contributed by atoms with van der Waals surface area (Å²) in [5.74, 6) is 0.812. The zero-order valence-corrected chi connectivity index (χ0v) is 18.0. The number of aryl methyl sites for hydroxylation is 1. The van der Waals surface area contributed by atoms with Crippen LogP contribution in [0.4, 0.5) is 5.13 Å². The van der Waals surface area contributed by atoms with Crippen LogP contribution >= 0.6 is 11.5 Å². The van der Waals surface area contributed by atoms with E-state index in [1.165, 1.54) is 22.7 Å². The minimum absolute atomic E-state index is 0.352. The molecule has 29 heavy (non-hydrogen) atoms. The number of hydrogen-bond acceptors (Lipinski definition) is 6. The first-order valence-corrected chi connectivity index (χ1v) is 11.9. The van der Waals surface area contributed by atoms with Gasteiger partial charge in [-0.1, -0.05) is 48.0 Å². The van der Waals surface area contributed by atoms with Crippen LogP contribution in [-0.2, 0) is 16.4 Å². The van der Waals surface area contributed by atoms with Crippen molar-refractivity contribution in [1.29, 1.82) is 0 Å². The predicted molar refractivity (Wildman–Crippen MR) is 116 cm³/mol. The van der Waals surface area contributed by atoms with E-state index in [-0.39, 0.29) is 0 Å². The Labute approximate surface area is 176 Å². The highest BCUT2D eigenvalue weighted by Crippen LogP contribution is 2.23. The van der Waals surface area contributed by atoms with Crippen LogP contribution in [0.5, 0.6) is 0 Å². The molecule has 1 aliphatic heterocycles. The minimum atomic E-state index is -3.46. The highest BCUT2D eigenvalue weighted by molar-refractivity contribution is 7.89. The molecule has 0 saturated carbocycles. The molecule has 0 N–H and O–H groups in total. The van der Waals surface area contributed by atoms with Gasteiger partial charge in [0.25, 0.3) is 0 Å². The second-order valence-electron chi connectivity index (χ2n) is 7.21. The van der Waals surface area contributed by atoms with E-state index in [2.05, 4.69) is 40.5 Å². The molecule has 1 aromatic heterocycles. The first-order chi connectivity index (χ1) is 14.0. The van der Waals surface area contributed by atoms with Crippen LogP contribution in [0.15, 0.2) is 59.5 Å². The highest BCUT2D eigenvalue weighted by atomic mass is 32.2. The zero-order chi connectivity index (χ0) is 20.3. The van der Waals surface area contributed by atoms with Gasteiger partial charge >= 0.3 is 0 Å². The van der Waals surface area contributed by atoms with E-state index >= 15 is 0 Å². The number of anilines is 1. The third-order valence-electron chi connectivity index (χ3n) is 5.05. The van der Waals surface area contributed by atoms with Crippen molar-refractivity contribution in [3.8, 4) is 0 Å². The van der Waals surface area contributed by atoms with Gasteiger partial charge < -0.3 is 4.90 Å². The molecular formula is C21H24N4O2S2. The van der Waals surface area contributed by atoms with Crippen molar-refractivity contribution in [3.63, 3.8) is 0 Å². The third-order valence-corrected chi connectivity index (χ3v) is 7.77. The molecule has 8 heteroatoms. The first-order valence-electron chi connectivity index (χ1n) is 9.71. The topological polar surface area (TPSA) is 66.4 Å². The number of benzene rings is 2. The second-order valence-corrected chi connectivity index (χ2v) is 9.88. The Bertz CT molecular complexity index is 1050. The van der Waals surface area contributed by atoms with Crippen LogP contribution in [0.25, 0.3) is 0 Å². The van der Waals surface area contributed by atoms with Crippen molar-refractivity contribution in [2.45, 2.75) is 24.7 Å². The van der Waals surface area contributed by atoms with Crippen molar-refractivity contribution in [2.75, 3.05) is 31.1 Å². The number of sulfonamides is 1. The Morgan fingerprint density at radius 1 is 0.966 bits per heavy atom. The van der Waals surface area contributed by atoms with E-state index in [1.54, 1.807) is 28.6 Å². The molecule has 1 fully saturated rings. The van der Waals surface area contributed by atoms with Crippen LogP contribution in [0.2, 0.25) is 0 Å². The fourth-order valence-corrected chi connectivity index (χ4v) is 5.63. The minimum Gasteiger partial charge on any atom is -0.345 e. The summed E-state index contributed by atoms with van der Waals surface area (Å²) in [7, 11) is -3.46. The zero-order valence-electron chi connectivity index (χ0n) is 16.4. The summed E-state index contributed by atoms with van der Waals surface area (Å²) in [5.41, 5.74) is 2.43. The quantitative estimate of drug-likeness (QED) is 0.624. The Morgan fingerprint density at radius 3 is 2.48 bits per heavy atom. The molecule has 0 aliphatic carbocycles. The van der Waals surface area contributed by atoms with Crippen molar-refractivity contribution < 1.29 is 8.42 Å². The van der Waals surface area contributed by atoms with Crippen LogP contribution in [0.1, 0.15) is 23.4 Å². The van der Waals surface area contributed by atoms with Crippen molar-refractivity contribution in [1.82, 2.24) is 13.7 Å². The summed E-state index contributed by atoms with van der Waals surface area (Å²) in [6.07, 6.45) is 1.47. The van der Waals surface area contributed by atoms with E-state index in [1.807, 2.05) is 6.07 Å². The molecule has 0 spiro atoms. The highest BCUT2D eigenvalue weighted by Gasteiger charge is 2.27. The summed E-state index contributed by atoms with van der Waals surface area (Å²) >= 11 is 1.39. The van der Waals surface area contributed by atoms with Gasteiger partial charge in [-0.25, -0.2) is 13.4 Å². The lowest BCUT2D eigenvalue weighted by Gasteiger charge is -2.21. The van der Waals surface area contributed by atoms with Crippen LogP contribution < -0.4 is 4.90 Å². The van der Waals surface area contributed by atoms with Gasteiger partial charge in [-0.2, -0.15) is 8.68 Å². The SMILES string of the molecule is Cc1ccc(Cc2nsc(N3CCCN(S(=O)(=O)c4ccccc4)CC3)n2)cc1. The van der Waals surface area contributed by atoms with Gasteiger partial charge in [-0.15, -0.1) is 0 Å². The van der Waals surface area contributed by atoms with Gasteiger partial charge in [-0.05, 0) is 31.0 Å². The normalized spacial score (nSPS) is 16.0. The lowest BCUT2D eigenvalue weighted by molar-refractivity contribution is 0.433. The summed E-state index contributed by atoms with van der Waals surface area (Å²) in [4.78, 5) is 7.21. The molecule has 0 atom stereocenters. The molecule has 4 rings (SSSR count). The van der Waals surface area contributed by atoms with Gasteiger partial charge in [0.15, 0.2) is 0 Å². The fourth-order valence-electron chi connectivity index (χ4n) is 3.40. The standard InChI is InChI=1S/C21H24N4O2S2/c1-17-8-10-18(11-9-17)16-20-22-21(28-23-20)24-12-5-13-25(15-14-24)29(26,27)19-6-3-2-4-7-19/h2-4,6-11H,5,12-16H2,1H3. The van der Waals surface area contributed by atoms with Gasteiger partial charge in [0.2, 0.25) is 15.2 Å². The summed E-state index contributed by atoms with van der Waals surface area (Å²) in [6.45, 7) is 4.43. The van der Waals surface area contributed by atoms with E-state index in [4.69, 9.17) is 4.98 Å². The van der Waals surface area contributed by atoms with Crippen molar-refractivity contribution in [2.24, 2.45) is 0 Å². The van der Waals surface area contributed by atoms with Crippen LogP contribution in [0.3, 0.4) is 0 Å². The Morgan fingerprint density at radius 2 is 1.72 bits per heavy atom. The lowest BCUT2D eigenvalue weighted by atomic mass is 10.1. The van der Waals surface area contributed by atoms with E-state index < -0.39 is 10.0 Å². The lowest BCUT2D eigenvalue weighted by Crippen LogP contribution is -2.35. The Hall–Kier alpha value is -2.29. The molecule has 0 unspecified atom stereocenters. The van der Waals surface area contributed by atoms with Gasteiger partial charge in [0, 0.05) is 44.1 Å². The largest absolute Gasteiger partial charge is 0.345 e. The average Bonchev–Trinajstić information content (AvgIpc) is 3.04. The van der Waals surface area contributed by atoms with Gasteiger partial charge in [-0.3, -0.25) is 0 Å². The molecule has 3 aromatic rings. The predicted octanol–water partition coefficient (Wildman–Crippen LogP) is 3.34. The smallest absolute Gasteiger partial charge is 0.243 e. The summed E-state index contributed by atoms with van der Waals surface area (Å²) in [5, 5.41) is 0.867. The number of hydrogen-bond donors (Lipinski definition) is 0. The number of nitrogens with zero attached hydrogens (tertiary/aromatic N) is 4. The van der Waals surface area contributed by atoms with Crippen molar-refractivity contribution in [3.05, 3.63) is 71.5 Å². The van der Waals surface area contributed by atoms with E-state index in [0.717, 1.165) is 23.9 Å². The van der Waals surface area contributed by atoms with E-state index in [0.29, 0.717) is 31.0 Å². The molecular weight excluding hydrogens is 404 g/mol. The average molecular weight is 429 g/mol. The van der Waals surface area contributed by atoms with Gasteiger partial charge in [0.1, 0.15) is 5.82 Å². The summed E-state index contributed by atoms with van der Waals surface area (Å²) in [6, 6.07) is 17.1. The van der Waals surface area contributed by atoms with Crippen molar-refractivity contribution >= 4 is 26.7 Å². The molecule has 0 bridgehead atoms. The maximum Gasteiger partial charge on any atom is 0.243 e. The fraction of sp³-hybridized carbons (Fsp3) is 0.333. The molecule has 1 aliphatic rings. The van der Waals surface area contributed by atoms with Crippen LogP contribution in [-0.4, -0.2) is 48.3 Å². The summed E-state index contributed by atoms with van der Waals surface area (Å²) < 4.78 is 31.9. The van der Waals surface area contributed by atoms with E-state index in [9.17, 15) is 8.42 Å². The maximum atomic E-state index is 12.9.